The largest absolute Gasteiger partial charge is 0.339 e. The smallest absolute Gasteiger partial charge is 0.0801 e. The van der Waals surface area contributed by atoms with Gasteiger partial charge in [0.15, 0.2) is 0 Å². The summed E-state index contributed by atoms with van der Waals surface area (Å²) in [6, 6.07) is 12.8. The first-order valence-electron chi connectivity index (χ1n) is 10.5. The highest BCUT2D eigenvalue weighted by Gasteiger charge is 2.16. The van der Waals surface area contributed by atoms with Crippen molar-refractivity contribution in [2.24, 2.45) is 0 Å². The van der Waals surface area contributed by atoms with E-state index >= 15 is 0 Å². The third kappa shape index (κ3) is 4.52. The molecule has 0 N–H and O–H groups in total. The van der Waals surface area contributed by atoms with Crippen molar-refractivity contribution < 1.29 is 0 Å². The number of rotatable bonds is 5. The molecule has 0 aromatic carbocycles. The lowest BCUT2D eigenvalue weighted by Gasteiger charge is -2.05. The fourth-order valence-electron chi connectivity index (χ4n) is 3.63. The monoisotopic (exact) mass is 475 g/mol. The summed E-state index contributed by atoms with van der Waals surface area (Å²) in [7, 11) is 0. The Kier molecular flexibility index (Phi) is 6.30. The van der Waals surface area contributed by atoms with E-state index in [4.69, 9.17) is 0 Å². The van der Waals surface area contributed by atoms with Gasteiger partial charge in [0.05, 0.1) is 39.9 Å². The molecule has 0 fully saturated rings. The van der Waals surface area contributed by atoms with Gasteiger partial charge in [0.2, 0.25) is 0 Å². The number of fused-ring (bicyclic) bond motifs is 3. The Morgan fingerprint density at radius 1 is 0.710 bits per heavy atom. The van der Waals surface area contributed by atoms with Gasteiger partial charge in [-0.1, -0.05) is 38.3 Å². The van der Waals surface area contributed by atoms with Crippen LogP contribution >= 0.6 is 45.3 Å². The molecule has 5 aromatic rings. The van der Waals surface area contributed by atoms with Crippen LogP contribution in [0.1, 0.15) is 52.1 Å². The number of aromatic nitrogens is 1. The Hall–Kier alpha value is -2.28. The van der Waals surface area contributed by atoms with E-state index in [2.05, 4.69) is 82.3 Å². The van der Waals surface area contributed by atoms with Crippen LogP contribution in [0.5, 0.6) is 0 Å². The number of hydrogen-bond donors (Lipinski definition) is 0. The van der Waals surface area contributed by atoms with Gasteiger partial charge >= 0.3 is 0 Å². The van der Waals surface area contributed by atoms with E-state index in [0.717, 1.165) is 26.1 Å². The maximum absolute atomic E-state index is 3.39. The highest BCUT2D eigenvalue weighted by Crippen LogP contribution is 2.40. The highest BCUT2D eigenvalue weighted by atomic mass is 32.1. The maximum atomic E-state index is 3.39. The van der Waals surface area contributed by atoms with Crippen molar-refractivity contribution >= 4 is 65.8 Å². The zero-order chi connectivity index (χ0) is 21.0. The van der Waals surface area contributed by atoms with Crippen molar-refractivity contribution in [2.45, 2.75) is 39.2 Å². The van der Waals surface area contributed by atoms with E-state index in [1.807, 2.05) is 22.7 Å². The molecule has 0 amide bonds. The van der Waals surface area contributed by atoms with Crippen molar-refractivity contribution in [3.05, 3.63) is 66.7 Å². The van der Waals surface area contributed by atoms with Crippen LogP contribution in [0.2, 0.25) is 0 Å². The Bertz CT molecular complexity index is 1310. The molecule has 5 heterocycles. The molecular formula is C26H21NS4. The Morgan fingerprint density at radius 3 is 1.74 bits per heavy atom. The molecule has 0 aliphatic rings. The van der Waals surface area contributed by atoms with Crippen LogP contribution in [0.3, 0.4) is 0 Å². The fourth-order valence-corrected chi connectivity index (χ4v) is 6.94. The summed E-state index contributed by atoms with van der Waals surface area (Å²) in [4.78, 5) is 4.52. The molecule has 0 bridgehead atoms. The van der Waals surface area contributed by atoms with Gasteiger partial charge < -0.3 is 4.57 Å². The number of unbranched alkanes of at least 4 members (excludes halogenated alkanes) is 3. The highest BCUT2D eigenvalue weighted by molar-refractivity contribution is 7.27. The van der Waals surface area contributed by atoms with Crippen molar-refractivity contribution in [2.75, 3.05) is 0 Å². The molecule has 0 unspecified atom stereocenters. The molecule has 0 spiro atoms. The van der Waals surface area contributed by atoms with E-state index < -0.39 is 0 Å². The minimum absolute atomic E-state index is 1.06. The summed E-state index contributed by atoms with van der Waals surface area (Å²) in [5.41, 5.74) is 2.66. The summed E-state index contributed by atoms with van der Waals surface area (Å²) in [5, 5.41) is 4.15. The average Bonchev–Trinajstić information content (AvgIpc) is 3.58. The molecule has 154 valence electrons. The molecule has 0 aliphatic heterocycles. The predicted octanol–water partition coefficient (Wildman–Crippen LogP) is 8.42. The van der Waals surface area contributed by atoms with Crippen LogP contribution in [0.15, 0.2) is 47.2 Å². The van der Waals surface area contributed by atoms with Crippen molar-refractivity contribution in [3.63, 3.8) is 0 Å². The predicted molar refractivity (Wildman–Crippen MR) is 140 cm³/mol. The van der Waals surface area contributed by atoms with Gasteiger partial charge in [-0.05, 0) is 65.1 Å². The molecule has 0 atom stereocenters. The minimum atomic E-state index is 1.06. The van der Waals surface area contributed by atoms with Gasteiger partial charge in [-0.15, -0.1) is 45.3 Å². The van der Waals surface area contributed by atoms with E-state index in [1.165, 1.54) is 46.1 Å². The Balaban J connectivity index is 1.54. The van der Waals surface area contributed by atoms with Crippen molar-refractivity contribution in [1.82, 2.24) is 4.57 Å². The maximum Gasteiger partial charge on any atom is 0.0801 e. The van der Waals surface area contributed by atoms with E-state index in [9.17, 15) is 0 Å². The zero-order valence-electron chi connectivity index (χ0n) is 17.2. The second-order valence-corrected chi connectivity index (χ2v) is 11.3. The van der Waals surface area contributed by atoms with Gasteiger partial charge in [-0.25, -0.2) is 0 Å². The van der Waals surface area contributed by atoms with Crippen LogP contribution in [0.4, 0.5) is 0 Å². The lowest BCUT2D eigenvalue weighted by molar-refractivity contribution is 0.602. The standard InChI is InChI=1S/C26H21NS4/c1-2-3-4-5-14-27-23-17-21(12-10-19-8-6-15-28-19)30-25(23)26-24(27)18-22(31-26)13-11-20-9-7-16-29-20/h6-9,15-18H,2-5,14H2,1H3. The number of aryl methyl sites for hydroxylation is 1. The van der Waals surface area contributed by atoms with Crippen LogP contribution in [-0.4, -0.2) is 4.57 Å². The average molecular weight is 476 g/mol. The summed E-state index contributed by atoms with van der Waals surface area (Å²) < 4.78 is 5.21. The summed E-state index contributed by atoms with van der Waals surface area (Å²) >= 11 is 7.02. The van der Waals surface area contributed by atoms with Crippen LogP contribution < -0.4 is 0 Å². The molecule has 0 radical (unpaired) electrons. The topological polar surface area (TPSA) is 4.93 Å². The van der Waals surface area contributed by atoms with Gasteiger partial charge in [0.25, 0.3) is 0 Å². The molecule has 1 nitrogen and oxygen atoms in total. The fraction of sp³-hybridized carbons (Fsp3) is 0.231. The lowest BCUT2D eigenvalue weighted by Crippen LogP contribution is -1.96. The third-order valence-corrected chi connectivity index (χ3v) is 8.92. The second kappa shape index (κ2) is 9.47. The van der Waals surface area contributed by atoms with Crippen molar-refractivity contribution in [1.29, 1.82) is 0 Å². The Labute approximate surface area is 199 Å². The first-order valence-corrected chi connectivity index (χ1v) is 13.9. The zero-order valence-corrected chi connectivity index (χ0v) is 20.5. The van der Waals surface area contributed by atoms with Crippen LogP contribution in [0, 0.1) is 23.7 Å². The van der Waals surface area contributed by atoms with Gasteiger partial charge in [-0.2, -0.15) is 0 Å². The van der Waals surface area contributed by atoms with Gasteiger partial charge in [0.1, 0.15) is 0 Å². The molecule has 5 rings (SSSR count). The van der Waals surface area contributed by atoms with E-state index in [-0.39, 0.29) is 0 Å². The number of nitrogens with zero attached hydrogens (tertiary/aromatic N) is 1. The number of hydrogen-bond acceptors (Lipinski definition) is 4. The summed E-state index contributed by atoms with van der Waals surface area (Å²) in [6.45, 7) is 3.32. The lowest BCUT2D eigenvalue weighted by atomic mass is 10.2. The minimum Gasteiger partial charge on any atom is -0.339 e. The Morgan fingerprint density at radius 2 is 1.26 bits per heavy atom. The SMILES string of the molecule is CCCCCCn1c2cc(C#Cc3cccs3)sc2c2sc(C#Cc3cccs3)cc21. The molecule has 0 saturated carbocycles. The number of thiophene rings is 4. The van der Waals surface area contributed by atoms with Gasteiger partial charge in [-0.3, -0.25) is 0 Å². The molecule has 5 heteroatoms. The van der Waals surface area contributed by atoms with E-state index in [0.29, 0.717) is 0 Å². The van der Waals surface area contributed by atoms with Gasteiger partial charge in [0, 0.05) is 6.54 Å². The summed E-state index contributed by atoms with van der Waals surface area (Å²) in [6.07, 6.45) is 5.06. The quantitative estimate of drug-likeness (QED) is 0.178. The van der Waals surface area contributed by atoms with Crippen LogP contribution in [-0.2, 0) is 6.54 Å². The molecule has 0 saturated heterocycles. The second-order valence-electron chi connectivity index (χ2n) is 7.32. The van der Waals surface area contributed by atoms with Crippen LogP contribution in [0.25, 0.3) is 20.4 Å². The summed E-state index contributed by atoms with van der Waals surface area (Å²) in [5.74, 6) is 13.4. The van der Waals surface area contributed by atoms with E-state index in [1.54, 1.807) is 22.7 Å². The molecule has 5 aromatic heterocycles. The first-order chi connectivity index (χ1) is 15.3. The van der Waals surface area contributed by atoms with Crippen molar-refractivity contribution in [3.8, 4) is 23.7 Å². The first kappa shape index (κ1) is 20.6. The molecular weight excluding hydrogens is 455 g/mol. The third-order valence-electron chi connectivity index (χ3n) is 5.11. The molecule has 31 heavy (non-hydrogen) atoms. The normalized spacial score (nSPS) is 10.9. The molecule has 0 aliphatic carbocycles.